The number of hydrogen-bond acceptors (Lipinski definition) is 4. The summed E-state index contributed by atoms with van der Waals surface area (Å²) in [6.07, 6.45) is 2.55. The molecule has 0 aliphatic carbocycles. The summed E-state index contributed by atoms with van der Waals surface area (Å²) >= 11 is 0. The number of nitrogens with zero attached hydrogens (tertiary/aromatic N) is 1. The number of alkyl carbamates (subject to hydrolysis) is 1. The Balaban J connectivity index is 4.38. The van der Waals surface area contributed by atoms with E-state index in [1.165, 1.54) is 11.1 Å². The summed E-state index contributed by atoms with van der Waals surface area (Å²) in [4.78, 5) is 11.4. The van der Waals surface area contributed by atoms with Gasteiger partial charge >= 0.3 is 6.09 Å². The van der Waals surface area contributed by atoms with Crippen molar-refractivity contribution >= 4 is 6.09 Å². The second-order valence-electron chi connectivity index (χ2n) is 4.03. The Morgan fingerprint density at radius 2 is 2.07 bits per heavy atom. The van der Waals surface area contributed by atoms with Gasteiger partial charge < -0.3 is 4.74 Å². The third-order valence-corrected chi connectivity index (χ3v) is 1.28. The Hall–Kier alpha value is -1.49. The monoisotopic (exact) mass is 213 g/mol. The van der Waals surface area contributed by atoms with E-state index in [1.807, 2.05) is 0 Å². The summed E-state index contributed by atoms with van der Waals surface area (Å²) < 4.78 is 5.06. The van der Waals surface area contributed by atoms with E-state index in [9.17, 15) is 4.79 Å². The lowest BCUT2D eigenvalue weighted by atomic mass is 10.2. The predicted octanol–water partition coefficient (Wildman–Crippen LogP) is 1.34. The SMILES string of the molecule is C=C/C=C(/NC(=O)OC(C)(C)C)N(C)N. The lowest BCUT2D eigenvalue weighted by Crippen LogP contribution is -2.39. The highest BCUT2D eigenvalue weighted by molar-refractivity contribution is 5.69. The Morgan fingerprint density at radius 1 is 1.53 bits per heavy atom. The van der Waals surface area contributed by atoms with Crippen LogP contribution in [0, 0.1) is 0 Å². The molecule has 0 fully saturated rings. The number of hydrazine groups is 1. The maximum absolute atomic E-state index is 11.4. The van der Waals surface area contributed by atoms with E-state index in [2.05, 4.69) is 11.9 Å². The van der Waals surface area contributed by atoms with Gasteiger partial charge in [0.15, 0.2) is 0 Å². The van der Waals surface area contributed by atoms with E-state index < -0.39 is 11.7 Å². The number of ether oxygens (including phenoxy) is 1. The van der Waals surface area contributed by atoms with Gasteiger partial charge in [0.05, 0.1) is 0 Å². The number of allylic oxidation sites excluding steroid dienone is 2. The van der Waals surface area contributed by atoms with Crippen molar-refractivity contribution in [2.45, 2.75) is 26.4 Å². The van der Waals surface area contributed by atoms with Gasteiger partial charge in [-0.15, -0.1) is 0 Å². The molecule has 0 aromatic carbocycles. The zero-order valence-corrected chi connectivity index (χ0v) is 9.70. The summed E-state index contributed by atoms with van der Waals surface area (Å²) in [6.45, 7) is 8.88. The van der Waals surface area contributed by atoms with Crippen LogP contribution in [0.25, 0.3) is 0 Å². The number of nitrogens with two attached hydrogens (primary N) is 1. The van der Waals surface area contributed by atoms with Crippen LogP contribution in [0.1, 0.15) is 20.8 Å². The number of hydrogen-bond donors (Lipinski definition) is 2. The fraction of sp³-hybridized carbons (Fsp3) is 0.500. The fourth-order valence-corrected chi connectivity index (χ4v) is 0.767. The van der Waals surface area contributed by atoms with Gasteiger partial charge in [0.25, 0.3) is 0 Å². The Kier molecular flexibility index (Phi) is 4.87. The molecule has 0 rings (SSSR count). The summed E-state index contributed by atoms with van der Waals surface area (Å²) in [5.74, 6) is 5.90. The Labute approximate surface area is 90.5 Å². The molecule has 3 N–H and O–H groups in total. The number of carbonyl (C=O) groups is 1. The number of amides is 1. The summed E-state index contributed by atoms with van der Waals surface area (Å²) in [5, 5.41) is 3.77. The molecule has 0 saturated carbocycles. The van der Waals surface area contributed by atoms with Crippen molar-refractivity contribution in [3.05, 3.63) is 24.6 Å². The molecule has 15 heavy (non-hydrogen) atoms. The first-order valence-corrected chi connectivity index (χ1v) is 4.57. The highest BCUT2D eigenvalue weighted by atomic mass is 16.6. The van der Waals surface area contributed by atoms with E-state index in [4.69, 9.17) is 10.6 Å². The summed E-state index contributed by atoms with van der Waals surface area (Å²) in [5.41, 5.74) is -0.531. The second-order valence-corrected chi connectivity index (χ2v) is 4.03. The van der Waals surface area contributed by atoms with Crippen molar-refractivity contribution in [2.24, 2.45) is 5.84 Å². The molecule has 0 aromatic heterocycles. The zero-order valence-electron chi connectivity index (χ0n) is 9.70. The lowest BCUT2D eigenvalue weighted by molar-refractivity contribution is 0.0530. The van der Waals surface area contributed by atoms with Gasteiger partial charge in [-0.1, -0.05) is 12.7 Å². The first kappa shape index (κ1) is 13.5. The molecule has 0 aromatic rings. The molecule has 0 bridgehead atoms. The molecule has 86 valence electrons. The van der Waals surface area contributed by atoms with Gasteiger partial charge in [-0.25, -0.2) is 10.6 Å². The molecule has 0 unspecified atom stereocenters. The average molecular weight is 213 g/mol. The van der Waals surface area contributed by atoms with Crippen molar-refractivity contribution in [1.82, 2.24) is 10.3 Å². The molecule has 5 heteroatoms. The minimum Gasteiger partial charge on any atom is -0.444 e. The van der Waals surface area contributed by atoms with Gasteiger partial charge in [-0.3, -0.25) is 10.3 Å². The highest BCUT2D eigenvalue weighted by Crippen LogP contribution is 2.07. The molecule has 0 aliphatic heterocycles. The lowest BCUT2D eigenvalue weighted by Gasteiger charge is -2.22. The van der Waals surface area contributed by atoms with E-state index in [0.717, 1.165) is 0 Å². The minimum atomic E-state index is -0.548. The van der Waals surface area contributed by atoms with Crippen molar-refractivity contribution in [3.63, 3.8) is 0 Å². The molecule has 0 heterocycles. The molecule has 0 spiro atoms. The van der Waals surface area contributed by atoms with Crippen LogP contribution in [-0.4, -0.2) is 23.8 Å². The van der Waals surface area contributed by atoms with Crippen LogP contribution >= 0.6 is 0 Å². The van der Waals surface area contributed by atoms with E-state index in [-0.39, 0.29) is 0 Å². The number of carbonyl (C=O) groups excluding carboxylic acids is 1. The fourth-order valence-electron chi connectivity index (χ4n) is 0.767. The van der Waals surface area contributed by atoms with E-state index in [1.54, 1.807) is 33.9 Å². The van der Waals surface area contributed by atoms with Gasteiger partial charge in [-0.2, -0.15) is 0 Å². The first-order valence-electron chi connectivity index (χ1n) is 4.57. The van der Waals surface area contributed by atoms with Crippen LogP contribution in [0.5, 0.6) is 0 Å². The first-order chi connectivity index (χ1) is 6.76. The van der Waals surface area contributed by atoms with Crippen LogP contribution in [-0.2, 0) is 4.74 Å². The molecule has 0 atom stereocenters. The molecular formula is C10H19N3O2. The molecule has 0 saturated heterocycles. The zero-order chi connectivity index (χ0) is 12.1. The normalized spacial score (nSPS) is 11.9. The summed E-state index contributed by atoms with van der Waals surface area (Å²) in [6, 6.07) is 0. The van der Waals surface area contributed by atoms with Crippen molar-refractivity contribution in [2.75, 3.05) is 7.05 Å². The molecular weight excluding hydrogens is 194 g/mol. The highest BCUT2D eigenvalue weighted by Gasteiger charge is 2.17. The van der Waals surface area contributed by atoms with Crippen LogP contribution in [0.15, 0.2) is 24.6 Å². The van der Waals surface area contributed by atoms with E-state index >= 15 is 0 Å². The van der Waals surface area contributed by atoms with Gasteiger partial charge in [-0.05, 0) is 26.8 Å². The standard InChI is InChI=1S/C10H19N3O2/c1-6-7-8(13(5)11)12-9(14)15-10(2,3)4/h6-7H,1,11H2,2-5H3,(H,12,14)/b8-7-. The van der Waals surface area contributed by atoms with E-state index in [0.29, 0.717) is 5.82 Å². The third kappa shape index (κ3) is 6.56. The topological polar surface area (TPSA) is 67.6 Å². The quantitative estimate of drug-likeness (QED) is 0.422. The van der Waals surface area contributed by atoms with Gasteiger partial charge in [0.2, 0.25) is 0 Å². The molecule has 0 radical (unpaired) electrons. The van der Waals surface area contributed by atoms with Crippen molar-refractivity contribution in [1.29, 1.82) is 0 Å². The van der Waals surface area contributed by atoms with Gasteiger partial charge in [0.1, 0.15) is 11.4 Å². The largest absolute Gasteiger partial charge is 0.444 e. The Morgan fingerprint density at radius 3 is 2.40 bits per heavy atom. The smallest absolute Gasteiger partial charge is 0.413 e. The van der Waals surface area contributed by atoms with Crippen LogP contribution < -0.4 is 11.2 Å². The minimum absolute atomic E-state index is 0.416. The Bertz CT molecular complexity index is 264. The second kappa shape index (κ2) is 5.41. The number of rotatable bonds is 3. The third-order valence-electron chi connectivity index (χ3n) is 1.28. The molecule has 1 amide bonds. The van der Waals surface area contributed by atoms with Crippen LogP contribution in [0.4, 0.5) is 4.79 Å². The molecule has 5 nitrogen and oxygen atoms in total. The van der Waals surface area contributed by atoms with Crippen molar-refractivity contribution < 1.29 is 9.53 Å². The number of nitrogens with one attached hydrogen (secondary N) is 1. The van der Waals surface area contributed by atoms with Crippen molar-refractivity contribution in [3.8, 4) is 0 Å². The molecule has 0 aliphatic rings. The maximum Gasteiger partial charge on any atom is 0.413 e. The predicted molar refractivity (Wildman–Crippen MR) is 59.6 cm³/mol. The van der Waals surface area contributed by atoms with Crippen LogP contribution in [0.2, 0.25) is 0 Å². The average Bonchev–Trinajstić information content (AvgIpc) is 1.99. The maximum atomic E-state index is 11.4. The van der Waals surface area contributed by atoms with Gasteiger partial charge in [0, 0.05) is 7.05 Å². The summed E-state index contributed by atoms with van der Waals surface area (Å²) in [7, 11) is 1.60. The van der Waals surface area contributed by atoms with Crippen LogP contribution in [0.3, 0.4) is 0 Å².